The molecule has 0 spiro atoms. The van der Waals surface area contributed by atoms with E-state index in [4.69, 9.17) is 0 Å². The molecule has 7 nitrogen and oxygen atoms in total. The van der Waals surface area contributed by atoms with Crippen LogP contribution in [0, 0.1) is 22.0 Å². The molecule has 1 aromatic rings. The number of hydrogen-bond donors (Lipinski definition) is 1. The monoisotopic (exact) mass is 349 g/mol. The standard InChI is InChI=1S/C18H27N3O4/c1-12-7-13(2)10-20(9-12)16-6-5-15(8-17(16)21(24)25)18(23)19(4)14(3)11-22/h5-6,8,12-14,22H,7,9-11H2,1-4H3. The summed E-state index contributed by atoms with van der Waals surface area (Å²) >= 11 is 0. The highest BCUT2D eigenvalue weighted by Crippen LogP contribution is 2.34. The summed E-state index contributed by atoms with van der Waals surface area (Å²) < 4.78 is 0. The average molecular weight is 349 g/mol. The SMILES string of the molecule is CC1CC(C)CN(c2ccc(C(=O)N(C)C(C)CO)cc2[N+](=O)[O-])C1. The number of anilines is 1. The van der Waals surface area contributed by atoms with Crippen molar-refractivity contribution in [3.8, 4) is 0 Å². The molecule has 0 aliphatic carbocycles. The number of rotatable bonds is 5. The number of carbonyl (C=O) groups is 1. The van der Waals surface area contributed by atoms with Gasteiger partial charge in [0.15, 0.2) is 0 Å². The first-order valence-corrected chi connectivity index (χ1v) is 8.66. The van der Waals surface area contributed by atoms with Crippen LogP contribution in [0.15, 0.2) is 18.2 Å². The Morgan fingerprint density at radius 3 is 2.52 bits per heavy atom. The van der Waals surface area contributed by atoms with Crippen LogP contribution in [0.4, 0.5) is 11.4 Å². The molecule has 1 amide bonds. The summed E-state index contributed by atoms with van der Waals surface area (Å²) in [5, 5.41) is 20.8. The van der Waals surface area contributed by atoms with E-state index in [0.717, 1.165) is 19.5 Å². The Kier molecular flexibility index (Phi) is 6.00. The van der Waals surface area contributed by atoms with Crippen molar-refractivity contribution < 1.29 is 14.8 Å². The van der Waals surface area contributed by atoms with E-state index >= 15 is 0 Å². The van der Waals surface area contributed by atoms with Gasteiger partial charge >= 0.3 is 0 Å². The van der Waals surface area contributed by atoms with Crippen LogP contribution in [0.2, 0.25) is 0 Å². The lowest BCUT2D eigenvalue weighted by Crippen LogP contribution is -2.39. The van der Waals surface area contributed by atoms with Crippen molar-refractivity contribution in [2.24, 2.45) is 11.8 Å². The second-order valence-corrected chi connectivity index (χ2v) is 7.26. The van der Waals surface area contributed by atoms with Crippen molar-refractivity contribution in [1.29, 1.82) is 0 Å². The second-order valence-electron chi connectivity index (χ2n) is 7.26. The molecular formula is C18H27N3O4. The van der Waals surface area contributed by atoms with Crippen LogP contribution in [0.3, 0.4) is 0 Å². The van der Waals surface area contributed by atoms with Crippen LogP contribution >= 0.6 is 0 Å². The summed E-state index contributed by atoms with van der Waals surface area (Å²) in [6, 6.07) is 4.31. The number of aliphatic hydroxyl groups excluding tert-OH is 1. The number of amides is 1. The van der Waals surface area contributed by atoms with E-state index in [0.29, 0.717) is 17.5 Å². The maximum absolute atomic E-state index is 12.5. The molecule has 0 saturated carbocycles. The van der Waals surface area contributed by atoms with Gasteiger partial charge < -0.3 is 14.9 Å². The molecule has 25 heavy (non-hydrogen) atoms. The molecule has 1 aliphatic rings. The number of nitrogens with zero attached hydrogens (tertiary/aromatic N) is 3. The van der Waals surface area contributed by atoms with E-state index in [9.17, 15) is 20.0 Å². The maximum atomic E-state index is 12.5. The highest BCUT2D eigenvalue weighted by molar-refractivity contribution is 5.95. The zero-order valence-electron chi connectivity index (χ0n) is 15.3. The third kappa shape index (κ3) is 4.28. The van der Waals surface area contributed by atoms with Crippen molar-refractivity contribution in [2.75, 3.05) is 31.6 Å². The van der Waals surface area contributed by atoms with Crippen molar-refractivity contribution >= 4 is 17.3 Å². The molecule has 0 radical (unpaired) electrons. The molecule has 3 unspecified atom stereocenters. The number of hydrogen-bond acceptors (Lipinski definition) is 5. The summed E-state index contributed by atoms with van der Waals surface area (Å²) in [6.45, 7) is 7.41. The number of benzene rings is 1. The fourth-order valence-electron chi connectivity index (χ4n) is 3.46. The van der Waals surface area contributed by atoms with Gasteiger partial charge in [-0.05, 0) is 37.3 Å². The predicted molar refractivity (Wildman–Crippen MR) is 96.9 cm³/mol. The average Bonchev–Trinajstić information content (AvgIpc) is 2.58. The van der Waals surface area contributed by atoms with Crippen molar-refractivity contribution in [2.45, 2.75) is 33.2 Å². The molecule has 0 aromatic heterocycles. The highest BCUT2D eigenvalue weighted by Gasteiger charge is 2.28. The molecule has 138 valence electrons. The Balaban J connectivity index is 2.35. The maximum Gasteiger partial charge on any atom is 0.293 e. The minimum Gasteiger partial charge on any atom is -0.394 e. The quantitative estimate of drug-likeness (QED) is 0.652. The number of nitro groups is 1. The Labute approximate surface area is 148 Å². The lowest BCUT2D eigenvalue weighted by molar-refractivity contribution is -0.384. The van der Waals surface area contributed by atoms with Gasteiger partial charge in [0.25, 0.3) is 11.6 Å². The van der Waals surface area contributed by atoms with Crippen LogP contribution in [0.5, 0.6) is 0 Å². The van der Waals surface area contributed by atoms with Gasteiger partial charge in [-0.3, -0.25) is 14.9 Å². The molecule has 1 fully saturated rings. The third-order valence-electron chi connectivity index (χ3n) is 4.87. The number of likely N-dealkylation sites (N-methyl/N-ethyl adjacent to an activating group) is 1. The summed E-state index contributed by atoms with van der Waals surface area (Å²) in [7, 11) is 1.58. The molecule has 1 heterocycles. The van der Waals surface area contributed by atoms with E-state index in [-0.39, 0.29) is 29.8 Å². The lowest BCUT2D eigenvalue weighted by Gasteiger charge is -2.36. The summed E-state index contributed by atoms with van der Waals surface area (Å²) in [4.78, 5) is 27.1. The third-order valence-corrected chi connectivity index (χ3v) is 4.87. The molecular weight excluding hydrogens is 322 g/mol. The lowest BCUT2D eigenvalue weighted by atomic mass is 9.91. The Hall–Kier alpha value is -2.15. The molecule has 0 bridgehead atoms. The molecule has 1 aromatic carbocycles. The Bertz CT molecular complexity index is 639. The van der Waals surface area contributed by atoms with Gasteiger partial charge in [0.2, 0.25) is 0 Å². The zero-order chi connectivity index (χ0) is 18.7. The minimum atomic E-state index is -0.425. The normalized spacial score (nSPS) is 21.7. The number of aliphatic hydroxyl groups is 1. The fraction of sp³-hybridized carbons (Fsp3) is 0.611. The number of nitro benzene ring substituents is 1. The first-order chi connectivity index (χ1) is 11.7. The molecule has 2 rings (SSSR count). The first kappa shape index (κ1) is 19.2. The van der Waals surface area contributed by atoms with Crippen LogP contribution in [0.25, 0.3) is 0 Å². The topological polar surface area (TPSA) is 86.9 Å². The largest absolute Gasteiger partial charge is 0.394 e. The zero-order valence-corrected chi connectivity index (χ0v) is 15.3. The molecule has 1 N–H and O–H groups in total. The van der Waals surface area contributed by atoms with Gasteiger partial charge in [0, 0.05) is 31.8 Å². The summed E-state index contributed by atoms with van der Waals surface area (Å²) in [5.74, 6) is 0.610. The summed E-state index contributed by atoms with van der Waals surface area (Å²) in [5.41, 5.74) is 0.784. The van der Waals surface area contributed by atoms with Gasteiger partial charge in [-0.1, -0.05) is 13.8 Å². The Morgan fingerprint density at radius 2 is 2.00 bits per heavy atom. The van der Waals surface area contributed by atoms with Crippen LogP contribution in [-0.4, -0.2) is 53.6 Å². The smallest absolute Gasteiger partial charge is 0.293 e. The van der Waals surface area contributed by atoms with Gasteiger partial charge in [-0.2, -0.15) is 0 Å². The van der Waals surface area contributed by atoms with Crippen molar-refractivity contribution in [1.82, 2.24) is 4.90 Å². The Morgan fingerprint density at radius 1 is 1.40 bits per heavy atom. The molecule has 1 aliphatic heterocycles. The summed E-state index contributed by atoms with van der Waals surface area (Å²) in [6.07, 6.45) is 1.12. The van der Waals surface area contributed by atoms with E-state index in [2.05, 4.69) is 13.8 Å². The number of carbonyl (C=O) groups excluding carboxylic acids is 1. The van der Waals surface area contributed by atoms with Crippen LogP contribution in [-0.2, 0) is 0 Å². The number of piperidine rings is 1. The van der Waals surface area contributed by atoms with Gasteiger partial charge in [0.1, 0.15) is 5.69 Å². The predicted octanol–water partition coefficient (Wildman–Crippen LogP) is 2.53. The van der Waals surface area contributed by atoms with Crippen molar-refractivity contribution in [3.63, 3.8) is 0 Å². The van der Waals surface area contributed by atoms with E-state index in [1.807, 2.05) is 4.90 Å². The van der Waals surface area contributed by atoms with E-state index in [1.165, 1.54) is 11.0 Å². The van der Waals surface area contributed by atoms with Gasteiger partial charge in [-0.25, -0.2) is 0 Å². The minimum absolute atomic E-state index is 0.0443. The van der Waals surface area contributed by atoms with E-state index in [1.54, 1.807) is 26.1 Å². The van der Waals surface area contributed by atoms with Crippen LogP contribution in [0.1, 0.15) is 37.6 Å². The molecule has 3 atom stereocenters. The molecule has 7 heteroatoms. The van der Waals surface area contributed by atoms with Gasteiger partial charge in [-0.15, -0.1) is 0 Å². The van der Waals surface area contributed by atoms with E-state index < -0.39 is 4.92 Å². The first-order valence-electron chi connectivity index (χ1n) is 8.66. The molecule has 1 saturated heterocycles. The van der Waals surface area contributed by atoms with Crippen LogP contribution < -0.4 is 4.90 Å². The highest BCUT2D eigenvalue weighted by atomic mass is 16.6. The van der Waals surface area contributed by atoms with Gasteiger partial charge in [0.05, 0.1) is 17.6 Å². The fourth-order valence-corrected chi connectivity index (χ4v) is 3.46. The second kappa shape index (κ2) is 7.82. The van der Waals surface area contributed by atoms with Crippen molar-refractivity contribution in [3.05, 3.63) is 33.9 Å².